The van der Waals surface area contributed by atoms with Crippen LogP contribution in [0.15, 0.2) is 48.8 Å². The molecule has 0 spiro atoms. The monoisotopic (exact) mass is 380 g/mol. The van der Waals surface area contributed by atoms with Crippen LogP contribution in [0.2, 0.25) is 0 Å². The van der Waals surface area contributed by atoms with Crippen LogP contribution in [0.4, 0.5) is 0 Å². The summed E-state index contributed by atoms with van der Waals surface area (Å²) in [5, 5.41) is 5.84. The minimum atomic E-state index is -0.424. The minimum absolute atomic E-state index is 0.0645. The quantitative estimate of drug-likeness (QED) is 0.685. The number of nitrogens with one attached hydrogen (secondary N) is 2. The molecule has 0 unspecified atom stereocenters. The molecule has 2 aromatic rings. The predicted octanol–water partition coefficient (Wildman–Crippen LogP) is 1.83. The molecule has 1 fully saturated rings. The first-order valence-electron chi connectivity index (χ1n) is 9.85. The molecule has 6 heteroatoms. The molecule has 1 aromatic carbocycles. The Bertz CT molecular complexity index is 794. The van der Waals surface area contributed by atoms with Gasteiger partial charge in [0.05, 0.1) is 12.5 Å². The molecule has 2 heterocycles. The molecule has 1 aliphatic heterocycles. The van der Waals surface area contributed by atoms with Gasteiger partial charge in [0, 0.05) is 38.6 Å². The van der Waals surface area contributed by atoms with Crippen LogP contribution >= 0.6 is 0 Å². The minimum Gasteiger partial charge on any atom is -0.356 e. The van der Waals surface area contributed by atoms with Crippen molar-refractivity contribution in [3.8, 4) is 0 Å². The van der Waals surface area contributed by atoms with E-state index in [9.17, 15) is 9.59 Å². The standard InChI is InChI=1S/C22H28N4O2/c1-17-6-2-3-9-19(17)16-26-13-12-25-22(28)20(26)14-21(27)24-11-5-8-18-7-4-10-23-15-18/h2-4,6-7,9-10,15,20H,5,8,11-14,16H2,1H3,(H,24,27)(H,25,28)/t20-/m0/s1. The molecule has 2 amide bonds. The highest BCUT2D eigenvalue weighted by molar-refractivity contribution is 5.88. The Kier molecular flexibility index (Phi) is 7.14. The van der Waals surface area contributed by atoms with Crippen molar-refractivity contribution < 1.29 is 9.59 Å². The molecule has 1 aromatic heterocycles. The Labute approximate surface area is 166 Å². The SMILES string of the molecule is Cc1ccccc1CN1CCNC(=O)[C@@H]1CC(=O)NCCCc1cccnc1. The van der Waals surface area contributed by atoms with Crippen LogP contribution in [0.5, 0.6) is 0 Å². The van der Waals surface area contributed by atoms with Crippen molar-refractivity contribution >= 4 is 11.8 Å². The molecular formula is C22H28N4O2. The molecule has 1 atom stereocenters. The van der Waals surface area contributed by atoms with Gasteiger partial charge in [-0.15, -0.1) is 0 Å². The second-order valence-corrected chi connectivity index (χ2v) is 7.22. The lowest BCUT2D eigenvalue weighted by atomic mass is 10.0. The van der Waals surface area contributed by atoms with Crippen molar-refractivity contribution in [2.24, 2.45) is 0 Å². The maximum atomic E-state index is 12.4. The van der Waals surface area contributed by atoms with Crippen LogP contribution in [0.1, 0.15) is 29.5 Å². The summed E-state index contributed by atoms with van der Waals surface area (Å²) in [7, 11) is 0. The largest absolute Gasteiger partial charge is 0.356 e. The summed E-state index contributed by atoms with van der Waals surface area (Å²) in [5.74, 6) is -0.145. The van der Waals surface area contributed by atoms with E-state index in [-0.39, 0.29) is 18.2 Å². The summed E-state index contributed by atoms with van der Waals surface area (Å²) in [4.78, 5) is 31.0. The number of hydrogen-bond donors (Lipinski definition) is 2. The van der Waals surface area contributed by atoms with Crippen LogP contribution in [0, 0.1) is 6.92 Å². The third-order valence-electron chi connectivity index (χ3n) is 5.14. The molecule has 0 aliphatic carbocycles. The number of rotatable bonds is 8. The maximum absolute atomic E-state index is 12.4. The second kappa shape index (κ2) is 9.99. The summed E-state index contributed by atoms with van der Waals surface area (Å²) >= 11 is 0. The number of nitrogens with zero attached hydrogens (tertiary/aromatic N) is 2. The zero-order chi connectivity index (χ0) is 19.8. The molecule has 148 valence electrons. The highest BCUT2D eigenvalue weighted by Gasteiger charge is 2.31. The first-order chi connectivity index (χ1) is 13.6. The van der Waals surface area contributed by atoms with Crippen molar-refractivity contribution in [1.82, 2.24) is 20.5 Å². The lowest BCUT2D eigenvalue weighted by molar-refractivity contribution is -0.134. The molecule has 28 heavy (non-hydrogen) atoms. The van der Waals surface area contributed by atoms with E-state index in [1.54, 1.807) is 6.20 Å². The molecule has 6 nitrogen and oxygen atoms in total. The van der Waals surface area contributed by atoms with Crippen molar-refractivity contribution in [2.45, 2.75) is 38.8 Å². The number of carbonyl (C=O) groups is 2. The number of piperazine rings is 1. The van der Waals surface area contributed by atoms with Gasteiger partial charge < -0.3 is 10.6 Å². The van der Waals surface area contributed by atoms with Gasteiger partial charge in [-0.25, -0.2) is 0 Å². The van der Waals surface area contributed by atoms with Crippen molar-refractivity contribution in [1.29, 1.82) is 0 Å². The molecule has 1 aliphatic rings. The van der Waals surface area contributed by atoms with E-state index in [1.165, 1.54) is 11.1 Å². The average molecular weight is 380 g/mol. The van der Waals surface area contributed by atoms with Crippen LogP contribution in [0.3, 0.4) is 0 Å². The number of aromatic nitrogens is 1. The van der Waals surface area contributed by atoms with Gasteiger partial charge in [-0.1, -0.05) is 30.3 Å². The first-order valence-corrected chi connectivity index (χ1v) is 9.85. The van der Waals surface area contributed by atoms with Gasteiger partial charge in [-0.3, -0.25) is 19.5 Å². The third kappa shape index (κ3) is 5.63. The number of hydrogen-bond acceptors (Lipinski definition) is 4. The van der Waals surface area contributed by atoms with Gasteiger partial charge in [0.2, 0.25) is 11.8 Å². The molecular weight excluding hydrogens is 352 g/mol. The van der Waals surface area contributed by atoms with Crippen molar-refractivity contribution in [3.63, 3.8) is 0 Å². The van der Waals surface area contributed by atoms with Gasteiger partial charge in [0.25, 0.3) is 0 Å². The Morgan fingerprint density at radius 1 is 1.29 bits per heavy atom. The molecule has 1 saturated heterocycles. The fourth-order valence-electron chi connectivity index (χ4n) is 3.49. The number of aryl methyl sites for hydroxylation is 2. The smallest absolute Gasteiger partial charge is 0.237 e. The maximum Gasteiger partial charge on any atom is 0.237 e. The van der Waals surface area contributed by atoms with Gasteiger partial charge in [0.1, 0.15) is 0 Å². The van der Waals surface area contributed by atoms with Gasteiger partial charge in [-0.2, -0.15) is 0 Å². The number of benzene rings is 1. The number of amides is 2. The predicted molar refractivity (Wildman–Crippen MR) is 109 cm³/mol. The average Bonchev–Trinajstić information content (AvgIpc) is 2.70. The van der Waals surface area contributed by atoms with E-state index in [4.69, 9.17) is 0 Å². The first kappa shape index (κ1) is 20.0. The van der Waals surface area contributed by atoms with E-state index in [0.717, 1.165) is 24.9 Å². The molecule has 3 rings (SSSR count). The topological polar surface area (TPSA) is 74.3 Å². The van der Waals surface area contributed by atoms with Crippen LogP contribution in [-0.4, -0.2) is 47.4 Å². The van der Waals surface area contributed by atoms with Gasteiger partial charge in [0.15, 0.2) is 0 Å². The molecule has 2 N–H and O–H groups in total. The van der Waals surface area contributed by atoms with Crippen LogP contribution < -0.4 is 10.6 Å². The van der Waals surface area contributed by atoms with E-state index in [2.05, 4.69) is 39.6 Å². The zero-order valence-corrected chi connectivity index (χ0v) is 16.4. The van der Waals surface area contributed by atoms with Gasteiger partial charge in [-0.05, 0) is 42.5 Å². The number of pyridine rings is 1. The van der Waals surface area contributed by atoms with E-state index >= 15 is 0 Å². The van der Waals surface area contributed by atoms with Crippen LogP contribution in [0.25, 0.3) is 0 Å². The van der Waals surface area contributed by atoms with E-state index in [1.807, 2.05) is 30.5 Å². The highest BCUT2D eigenvalue weighted by Crippen LogP contribution is 2.16. The highest BCUT2D eigenvalue weighted by atomic mass is 16.2. The lowest BCUT2D eigenvalue weighted by Gasteiger charge is -2.35. The van der Waals surface area contributed by atoms with E-state index in [0.29, 0.717) is 19.6 Å². The summed E-state index contributed by atoms with van der Waals surface area (Å²) in [5.41, 5.74) is 3.55. The third-order valence-corrected chi connectivity index (χ3v) is 5.14. The van der Waals surface area contributed by atoms with Crippen molar-refractivity contribution in [3.05, 3.63) is 65.5 Å². The Hall–Kier alpha value is -2.73. The second-order valence-electron chi connectivity index (χ2n) is 7.22. The summed E-state index contributed by atoms with van der Waals surface area (Å²) in [6.45, 7) is 4.72. The van der Waals surface area contributed by atoms with Crippen LogP contribution in [-0.2, 0) is 22.6 Å². The zero-order valence-electron chi connectivity index (χ0n) is 16.4. The van der Waals surface area contributed by atoms with Gasteiger partial charge >= 0.3 is 0 Å². The molecule has 0 bridgehead atoms. The Balaban J connectivity index is 1.50. The lowest BCUT2D eigenvalue weighted by Crippen LogP contribution is -2.56. The summed E-state index contributed by atoms with van der Waals surface area (Å²) in [6.07, 6.45) is 5.50. The van der Waals surface area contributed by atoms with E-state index < -0.39 is 6.04 Å². The fraction of sp³-hybridized carbons (Fsp3) is 0.409. The van der Waals surface area contributed by atoms with Crippen molar-refractivity contribution in [2.75, 3.05) is 19.6 Å². The molecule has 0 radical (unpaired) electrons. The Morgan fingerprint density at radius 2 is 2.14 bits per heavy atom. The molecule has 0 saturated carbocycles. The summed E-state index contributed by atoms with van der Waals surface area (Å²) in [6, 6.07) is 11.7. The summed E-state index contributed by atoms with van der Waals surface area (Å²) < 4.78 is 0. The number of carbonyl (C=O) groups excluding carboxylic acids is 2. The fourth-order valence-corrected chi connectivity index (χ4v) is 3.49. The normalized spacial score (nSPS) is 17.2. The Morgan fingerprint density at radius 3 is 2.93 bits per heavy atom.